The Morgan fingerprint density at radius 3 is 2.48 bits per heavy atom. The number of carbonyl (C=O) groups excluding carboxylic acids is 1. The Morgan fingerprint density at radius 2 is 1.81 bits per heavy atom. The van der Waals surface area contributed by atoms with E-state index in [2.05, 4.69) is 9.88 Å². The number of piperazine rings is 1. The van der Waals surface area contributed by atoms with E-state index in [0.29, 0.717) is 30.4 Å². The zero-order chi connectivity index (χ0) is 18.9. The van der Waals surface area contributed by atoms with Crippen LogP contribution in [0.4, 0.5) is 5.13 Å². The summed E-state index contributed by atoms with van der Waals surface area (Å²) >= 11 is 2.83. The molecule has 4 rings (SSSR count). The highest BCUT2D eigenvalue weighted by atomic mass is 32.2. The molecule has 4 heterocycles. The molecule has 146 valence electrons. The van der Waals surface area contributed by atoms with Crippen molar-refractivity contribution in [3.05, 3.63) is 28.6 Å². The Hall–Kier alpha value is -1.49. The number of anilines is 1. The van der Waals surface area contributed by atoms with Crippen LogP contribution in [-0.2, 0) is 21.2 Å². The number of thiophene rings is 1. The lowest BCUT2D eigenvalue weighted by Gasteiger charge is -2.34. The molecule has 0 bridgehead atoms. The van der Waals surface area contributed by atoms with Crippen molar-refractivity contribution in [2.45, 2.75) is 23.5 Å². The summed E-state index contributed by atoms with van der Waals surface area (Å²) in [4.78, 5) is 21.8. The second kappa shape index (κ2) is 7.86. The van der Waals surface area contributed by atoms with Gasteiger partial charge in [0.05, 0.1) is 6.42 Å². The Morgan fingerprint density at radius 1 is 1.07 bits per heavy atom. The number of thiazole rings is 1. The fourth-order valence-corrected chi connectivity index (χ4v) is 7.14. The molecule has 2 aliphatic heterocycles. The highest BCUT2D eigenvalue weighted by Crippen LogP contribution is 2.28. The monoisotopic (exact) mass is 426 g/mol. The first-order valence-electron chi connectivity index (χ1n) is 9.05. The molecule has 0 radical (unpaired) electrons. The van der Waals surface area contributed by atoms with Crippen molar-refractivity contribution in [1.82, 2.24) is 14.2 Å². The normalized spacial score (nSPS) is 19.0. The second-order valence-electron chi connectivity index (χ2n) is 6.69. The lowest BCUT2D eigenvalue weighted by molar-refractivity contribution is -0.130. The number of nitrogens with zero attached hydrogens (tertiary/aromatic N) is 4. The van der Waals surface area contributed by atoms with Crippen molar-refractivity contribution in [1.29, 1.82) is 0 Å². The molecule has 2 fully saturated rings. The Kier molecular flexibility index (Phi) is 5.49. The van der Waals surface area contributed by atoms with E-state index in [0.717, 1.165) is 35.9 Å². The standard InChI is InChI=1S/C17H22N4O3S3/c22-15(19-8-10-20(11-9-19)17-18-5-12-25-17)13-14-3-4-16(26-14)27(23,24)21-6-1-2-7-21/h3-5,12H,1-2,6-11,13H2. The van der Waals surface area contributed by atoms with E-state index in [-0.39, 0.29) is 12.3 Å². The topological polar surface area (TPSA) is 73.8 Å². The van der Waals surface area contributed by atoms with Crippen LogP contribution in [0.3, 0.4) is 0 Å². The van der Waals surface area contributed by atoms with Crippen molar-refractivity contribution in [3.63, 3.8) is 0 Å². The van der Waals surface area contributed by atoms with Crippen LogP contribution in [0.15, 0.2) is 27.9 Å². The van der Waals surface area contributed by atoms with Crippen LogP contribution in [0.1, 0.15) is 17.7 Å². The predicted molar refractivity (Wildman–Crippen MR) is 107 cm³/mol. The first-order chi connectivity index (χ1) is 13.0. The summed E-state index contributed by atoms with van der Waals surface area (Å²) in [7, 11) is -3.40. The molecule has 2 aromatic heterocycles. The van der Waals surface area contributed by atoms with E-state index in [9.17, 15) is 13.2 Å². The summed E-state index contributed by atoms with van der Waals surface area (Å²) in [5, 5.41) is 2.95. The minimum atomic E-state index is -3.40. The smallest absolute Gasteiger partial charge is 0.252 e. The number of sulfonamides is 1. The van der Waals surface area contributed by atoms with Crippen LogP contribution in [0.25, 0.3) is 0 Å². The summed E-state index contributed by atoms with van der Waals surface area (Å²) < 4.78 is 27.1. The summed E-state index contributed by atoms with van der Waals surface area (Å²) in [6.07, 6.45) is 3.89. The third-order valence-corrected chi connectivity index (χ3v) is 9.23. The van der Waals surface area contributed by atoms with E-state index in [4.69, 9.17) is 0 Å². The van der Waals surface area contributed by atoms with Crippen LogP contribution in [0.5, 0.6) is 0 Å². The third kappa shape index (κ3) is 4.03. The number of rotatable bonds is 5. The third-order valence-electron chi connectivity index (χ3n) is 4.94. The maximum atomic E-state index is 12.6. The number of hydrogen-bond donors (Lipinski definition) is 0. The molecule has 0 unspecified atom stereocenters. The highest BCUT2D eigenvalue weighted by Gasteiger charge is 2.29. The van der Waals surface area contributed by atoms with Gasteiger partial charge in [-0.3, -0.25) is 4.79 Å². The molecular formula is C17H22N4O3S3. The molecule has 10 heteroatoms. The maximum absolute atomic E-state index is 12.6. The van der Waals surface area contributed by atoms with Gasteiger partial charge >= 0.3 is 0 Å². The minimum absolute atomic E-state index is 0.0563. The van der Waals surface area contributed by atoms with Crippen molar-refractivity contribution in [2.75, 3.05) is 44.2 Å². The van der Waals surface area contributed by atoms with Crippen LogP contribution >= 0.6 is 22.7 Å². The van der Waals surface area contributed by atoms with Gasteiger partial charge in [-0.15, -0.1) is 22.7 Å². The van der Waals surface area contributed by atoms with Gasteiger partial charge in [-0.1, -0.05) is 0 Å². The van der Waals surface area contributed by atoms with E-state index >= 15 is 0 Å². The predicted octanol–water partition coefficient (Wildman–Crippen LogP) is 1.88. The van der Waals surface area contributed by atoms with Gasteiger partial charge in [0.15, 0.2) is 5.13 Å². The average molecular weight is 427 g/mol. The van der Waals surface area contributed by atoms with Gasteiger partial charge in [0, 0.05) is 55.7 Å². The van der Waals surface area contributed by atoms with Gasteiger partial charge in [0.25, 0.3) is 10.0 Å². The molecule has 27 heavy (non-hydrogen) atoms. The van der Waals surface area contributed by atoms with Crippen molar-refractivity contribution in [3.8, 4) is 0 Å². The molecule has 0 atom stereocenters. The zero-order valence-electron chi connectivity index (χ0n) is 14.9. The molecule has 2 saturated heterocycles. The van der Waals surface area contributed by atoms with E-state index in [1.165, 1.54) is 11.3 Å². The number of aromatic nitrogens is 1. The molecule has 7 nitrogen and oxygen atoms in total. The quantitative estimate of drug-likeness (QED) is 0.730. The molecule has 0 N–H and O–H groups in total. The van der Waals surface area contributed by atoms with Crippen LogP contribution in [0.2, 0.25) is 0 Å². The van der Waals surface area contributed by atoms with E-state index < -0.39 is 10.0 Å². The summed E-state index contributed by atoms with van der Waals surface area (Å²) in [5.41, 5.74) is 0. The summed E-state index contributed by atoms with van der Waals surface area (Å²) in [5.74, 6) is 0.0563. The lowest BCUT2D eigenvalue weighted by atomic mass is 10.2. The van der Waals surface area contributed by atoms with Gasteiger partial charge in [-0.05, 0) is 25.0 Å². The van der Waals surface area contributed by atoms with Crippen LogP contribution in [-0.4, -0.2) is 67.8 Å². The Bertz CT molecular complexity index is 880. The highest BCUT2D eigenvalue weighted by molar-refractivity contribution is 7.91. The van der Waals surface area contributed by atoms with Gasteiger partial charge < -0.3 is 9.80 Å². The Labute approximate surface area is 167 Å². The minimum Gasteiger partial charge on any atom is -0.345 e. The number of amides is 1. The fraction of sp³-hybridized carbons (Fsp3) is 0.529. The zero-order valence-corrected chi connectivity index (χ0v) is 17.4. The van der Waals surface area contributed by atoms with Gasteiger partial charge in [0.2, 0.25) is 5.91 Å². The number of carbonyl (C=O) groups is 1. The largest absolute Gasteiger partial charge is 0.345 e. The molecule has 0 spiro atoms. The first kappa shape index (κ1) is 18.9. The molecule has 2 aliphatic rings. The van der Waals surface area contributed by atoms with Crippen LogP contribution in [0, 0.1) is 0 Å². The molecular weight excluding hydrogens is 404 g/mol. The lowest BCUT2D eigenvalue weighted by Crippen LogP contribution is -2.49. The van der Waals surface area contributed by atoms with Crippen molar-refractivity contribution < 1.29 is 13.2 Å². The second-order valence-corrected chi connectivity index (χ2v) is 10.9. The Balaban J connectivity index is 1.35. The number of hydrogen-bond acceptors (Lipinski definition) is 7. The van der Waals surface area contributed by atoms with E-state index in [1.807, 2.05) is 10.3 Å². The average Bonchev–Trinajstić information content (AvgIpc) is 3.43. The van der Waals surface area contributed by atoms with Gasteiger partial charge in [-0.2, -0.15) is 4.31 Å². The first-order valence-corrected chi connectivity index (χ1v) is 12.2. The molecule has 0 aliphatic carbocycles. The SMILES string of the molecule is O=C(Cc1ccc(S(=O)(=O)N2CCCC2)s1)N1CCN(c2nccs2)CC1. The molecule has 0 aromatic carbocycles. The fourth-order valence-electron chi connectivity index (χ4n) is 3.43. The molecule has 1 amide bonds. The maximum Gasteiger partial charge on any atom is 0.252 e. The molecule has 0 saturated carbocycles. The van der Waals surface area contributed by atoms with E-state index in [1.54, 1.807) is 34.0 Å². The van der Waals surface area contributed by atoms with Gasteiger partial charge in [0.1, 0.15) is 4.21 Å². The van der Waals surface area contributed by atoms with Gasteiger partial charge in [-0.25, -0.2) is 13.4 Å². The molecule has 2 aromatic rings. The summed E-state index contributed by atoms with van der Waals surface area (Å²) in [6, 6.07) is 3.42. The van der Waals surface area contributed by atoms with Crippen molar-refractivity contribution in [2.24, 2.45) is 0 Å². The summed E-state index contributed by atoms with van der Waals surface area (Å²) in [6.45, 7) is 4.08. The van der Waals surface area contributed by atoms with Crippen LogP contribution < -0.4 is 4.90 Å². The van der Waals surface area contributed by atoms with Crippen molar-refractivity contribution >= 4 is 43.7 Å².